The number of rotatable bonds is 7. The van der Waals surface area contributed by atoms with Gasteiger partial charge in [-0.1, -0.05) is 39.8 Å². The number of halogens is 4. The third kappa shape index (κ3) is 5.47. The molecular formula is C23H26BrF3N6O2S. The van der Waals surface area contributed by atoms with Crippen LogP contribution in [-0.2, 0) is 30.5 Å². The minimum absolute atomic E-state index is 0.0543. The SMILES string of the molecule is Cn1cc(-c2nnc(SCCCN3C[C@@H]4C[C@]4(c4ccc(Br)cc4)C3)n2C)c(C(F)(F)F)n1.O=CO. The van der Waals surface area contributed by atoms with Crippen LogP contribution in [0.2, 0.25) is 0 Å². The van der Waals surface area contributed by atoms with Crippen molar-refractivity contribution in [1.82, 2.24) is 29.4 Å². The molecule has 1 saturated carbocycles. The van der Waals surface area contributed by atoms with Crippen LogP contribution in [0.15, 0.2) is 40.1 Å². The van der Waals surface area contributed by atoms with Crippen LogP contribution in [0.25, 0.3) is 11.4 Å². The number of carbonyl (C=O) groups is 1. The van der Waals surface area contributed by atoms with Gasteiger partial charge in [0.2, 0.25) is 0 Å². The van der Waals surface area contributed by atoms with E-state index >= 15 is 0 Å². The number of likely N-dealkylation sites (tertiary alicyclic amines) is 1. The fraction of sp³-hybridized carbons (Fsp3) is 0.478. The third-order valence-electron chi connectivity index (χ3n) is 6.66. The number of hydrogen-bond acceptors (Lipinski definition) is 6. The van der Waals surface area contributed by atoms with Crippen molar-refractivity contribution in [3.63, 3.8) is 0 Å². The van der Waals surface area contributed by atoms with Gasteiger partial charge in [-0.25, -0.2) is 0 Å². The van der Waals surface area contributed by atoms with E-state index in [0.717, 1.165) is 46.9 Å². The molecule has 194 valence electrons. The zero-order chi connectivity index (χ0) is 26.1. The number of thioether (sulfide) groups is 1. The maximum Gasteiger partial charge on any atom is 0.435 e. The fourth-order valence-electron chi connectivity index (χ4n) is 4.97. The summed E-state index contributed by atoms with van der Waals surface area (Å²) in [5.74, 6) is 1.75. The highest BCUT2D eigenvalue weighted by atomic mass is 79.9. The van der Waals surface area contributed by atoms with Gasteiger partial charge in [0.15, 0.2) is 16.7 Å². The minimum atomic E-state index is -4.54. The average molecular weight is 587 g/mol. The maximum absolute atomic E-state index is 13.3. The Morgan fingerprint density at radius 3 is 2.61 bits per heavy atom. The standard InChI is InChI=1S/C22H24BrF3N6S.CH2O2/c1-30-12-17(18(29-30)22(24,25)26)19-27-28-20(31(19)2)33-9-3-8-32-11-15-10-21(15,13-32)14-4-6-16(23)7-5-14;2-1-3/h4-7,12,15H,3,8-11,13H2,1-2H3;1H,(H,2,3)/t15-,21+;/m0./s1. The second kappa shape index (κ2) is 10.5. The molecule has 3 heterocycles. The lowest BCUT2D eigenvalue weighted by molar-refractivity contribution is -0.141. The van der Waals surface area contributed by atoms with E-state index in [-0.39, 0.29) is 17.9 Å². The number of alkyl halides is 3. The van der Waals surface area contributed by atoms with Gasteiger partial charge in [0.05, 0.1) is 5.56 Å². The van der Waals surface area contributed by atoms with E-state index in [0.29, 0.717) is 10.6 Å². The van der Waals surface area contributed by atoms with Crippen molar-refractivity contribution in [2.45, 2.75) is 29.6 Å². The average Bonchev–Trinajstić information content (AvgIpc) is 3.10. The van der Waals surface area contributed by atoms with E-state index in [1.54, 1.807) is 11.6 Å². The number of nitrogens with zero attached hydrogens (tertiary/aromatic N) is 6. The van der Waals surface area contributed by atoms with Crippen molar-refractivity contribution in [3.8, 4) is 11.4 Å². The third-order valence-corrected chi connectivity index (χ3v) is 8.29. The van der Waals surface area contributed by atoms with E-state index in [1.807, 2.05) is 0 Å². The molecule has 2 aliphatic rings. The summed E-state index contributed by atoms with van der Waals surface area (Å²) in [6, 6.07) is 8.72. The van der Waals surface area contributed by atoms with Gasteiger partial charge in [0.25, 0.3) is 6.47 Å². The summed E-state index contributed by atoms with van der Waals surface area (Å²) >= 11 is 5.04. The Morgan fingerprint density at radius 2 is 1.94 bits per heavy atom. The van der Waals surface area contributed by atoms with Crippen LogP contribution < -0.4 is 0 Å². The highest BCUT2D eigenvalue weighted by Crippen LogP contribution is 2.59. The minimum Gasteiger partial charge on any atom is -0.483 e. The first kappa shape index (κ1) is 26.7. The van der Waals surface area contributed by atoms with Gasteiger partial charge in [0.1, 0.15) is 0 Å². The highest BCUT2D eigenvalue weighted by molar-refractivity contribution is 9.10. The normalized spacial score (nSPS) is 21.1. The van der Waals surface area contributed by atoms with Crippen LogP contribution in [0.3, 0.4) is 0 Å². The predicted molar refractivity (Wildman–Crippen MR) is 133 cm³/mol. The lowest BCUT2D eigenvalue weighted by Gasteiger charge is -2.21. The number of aromatic nitrogens is 5. The number of piperidine rings is 1. The lowest BCUT2D eigenvalue weighted by atomic mass is 9.95. The second-order valence-corrected chi connectivity index (χ2v) is 11.0. The topological polar surface area (TPSA) is 89.1 Å². The van der Waals surface area contributed by atoms with Gasteiger partial charge in [0, 0.05) is 49.0 Å². The first-order chi connectivity index (χ1) is 17.1. The Hall–Kier alpha value is -2.38. The summed E-state index contributed by atoms with van der Waals surface area (Å²) < 4.78 is 43.8. The Labute approximate surface area is 219 Å². The number of fused-ring (bicyclic) bond motifs is 1. The van der Waals surface area contributed by atoms with Crippen molar-refractivity contribution in [2.75, 3.05) is 25.4 Å². The van der Waals surface area contributed by atoms with Crippen molar-refractivity contribution in [1.29, 1.82) is 0 Å². The van der Waals surface area contributed by atoms with Crippen LogP contribution in [0.4, 0.5) is 13.2 Å². The fourth-order valence-corrected chi connectivity index (χ4v) is 6.07. The quantitative estimate of drug-likeness (QED) is 0.248. The van der Waals surface area contributed by atoms with E-state index in [2.05, 4.69) is 60.4 Å². The van der Waals surface area contributed by atoms with Crippen molar-refractivity contribution >= 4 is 34.2 Å². The molecule has 0 radical (unpaired) electrons. The molecule has 1 aliphatic heterocycles. The Kier molecular flexibility index (Phi) is 7.81. The molecule has 36 heavy (non-hydrogen) atoms. The zero-order valence-electron chi connectivity index (χ0n) is 19.7. The monoisotopic (exact) mass is 586 g/mol. The van der Waals surface area contributed by atoms with Gasteiger partial charge in [-0.3, -0.25) is 9.48 Å². The van der Waals surface area contributed by atoms with Gasteiger partial charge in [-0.05, 0) is 43.0 Å². The molecule has 0 spiro atoms. The number of hydrogen-bond donors (Lipinski definition) is 1. The Balaban J connectivity index is 0.000000967. The summed E-state index contributed by atoms with van der Waals surface area (Å²) in [7, 11) is 3.16. The highest BCUT2D eigenvalue weighted by Gasteiger charge is 2.60. The molecule has 8 nitrogen and oxygen atoms in total. The molecule has 0 amide bonds. The summed E-state index contributed by atoms with van der Waals surface area (Å²) in [5, 5.41) is 19.2. The number of benzene rings is 1. The first-order valence-electron chi connectivity index (χ1n) is 11.3. The smallest absolute Gasteiger partial charge is 0.435 e. The van der Waals surface area contributed by atoms with Gasteiger partial charge in [-0.2, -0.15) is 18.3 Å². The summed E-state index contributed by atoms with van der Waals surface area (Å²) in [6.45, 7) is 2.99. The van der Waals surface area contributed by atoms with E-state index < -0.39 is 11.9 Å². The van der Waals surface area contributed by atoms with Crippen molar-refractivity contribution in [3.05, 3.63) is 46.2 Å². The molecule has 1 N–H and O–H groups in total. The molecule has 0 unspecified atom stereocenters. The largest absolute Gasteiger partial charge is 0.483 e. The van der Waals surface area contributed by atoms with Gasteiger partial charge in [-0.15, -0.1) is 10.2 Å². The summed E-state index contributed by atoms with van der Waals surface area (Å²) in [4.78, 5) is 10.9. The molecule has 1 saturated heterocycles. The lowest BCUT2D eigenvalue weighted by Crippen LogP contribution is -2.27. The summed E-state index contributed by atoms with van der Waals surface area (Å²) in [6.07, 6.45) is -0.951. The molecular weight excluding hydrogens is 561 g/mol. The molecule has 1 aliphatic carbocycles. The van der Waals surface area contributed by atoms with Crippen LogP contribution in [-0.4, -0.2) is 66.4 Å². The van der Waals surface area contributed by atoms with E-state index in [9.17, 15) is 13.2 Å². The van der Waals surface area contributed by atoms with E-state index in [4.69, 9.17) is 9.90 Å². The molecule has 2 atom stereocenters. The Morgan fingerprint density at radius 1 is 1.25 bits per heavy atom. The predicted octanol–water partition coefficient (Wildman–Crippen LogP) is 4.45. The second-order valence-electron chi connectivity index (χ2n) is 9.03. The molecule has 13 heteroatoms. The van der Waals surface area contributed by atoms with Crippen LogP contribution in [0.5, 0.6) is 0 Å². The van der Waals surface area contributed by atoms with Gasteiger partial charge < -0.3 is 14.6 Å². The molecule has 2 aromatic heterocycles. The molecule has 5 rings (SSSR count). The van der Waals surface area contributed by atoms with Gasteiger partial charge >= 0.3 is 6.18 Å². The van der Waals surface area contributed by atoms with Crippen molar-refractivity contribution < 1.29 is 23.1 Å². The Bertz CT molecular complexity index is 1220. The maximum atomic E-state index is 13.3. The number of aryl methyl sites for hydroxylation is 1. The molecule has 2 fully saturated rings. The van der Waals surface area contributed by atoms with Crippen LogP contribution in [0, 0.1) is 5.92 Å². The number of carboxylic acid groups (broad SMARTS) is 1. The molecule has 1 aromatic carbocycles. The van der Waals surface area contributed by atoms with Crippen LogP contribution >= 0.6 is 27.7 Å². The summed E-state index contributed by atoms with van der Waals surface area (Å²) in [5.41, 5.74) is 0.769. The first-order valence-corrected chi connectivity index (χ1v) is 13.1. The van der Waals surface area contributed by atoms with E-state index in [1.165, 1.54) is 37.0 Å². The molecule has 3 aromatic rings. The van der Waals surface area contributed by atoms with Crippen molar-refractivity contribution in [2.24, 2.45) is 20.0 Å². The zero-order valence-corrected chi connectivity index (χ0v) is 22.1. The van der Waals surface area contributed by atoms with Crippen LogP contribution in [0.1, 0.15) is 24.1 Å². The molecule has 0 bridgehead atoms.